The Labute approximate surface area is 113 Å². The molecule has 0 saturated carbocycles. The van der Waals surface area contributed by atoms with Gasteiger partial charge in [-0.2, -0.15) is 4.98 Å². The summed E-state index contributed by atoms with van der Waals surface area (Å²) >= 11 is 12.2. The molecule has 0 unspecified atom stereocenters. The number of benzene rings is 2. The Hall–Kier alpha value is -1.78. The molecule has 0 fully saturated rings. The number of anilines is 2. The van der Waals surface area contributed by atoms with Gasteiger partial charge < -0.3 is 11.5 Å². The highest BCUT2D eigenvalue weighted by Gasteiger charge is 2.11. The predicted octanol–water partition coefficient (Wildman–Crippen LogP) is 3.25. The van der Waals surface area contributed by atoms with Gasteiger partial charge in [0.25, 0.3) is 0 Å². The summed E-state index contributed by atoms with van der Waals surface area (Å²) in [5, 5.41) is 3.40. The lowest BCUT2D eigenvalue weighted by molar-refractivity contribution is 1.25. The highest BCUT2D eigenvalue weighted by Crippen LogP contribution is 2.35. The minimum atomic E-state index is 0.152. The fraction of sp³-hybridized carbons (Fsp3) is 0. The molecule has 18 heavy (non-hydrogen) atoms. The summed E-state index contributed by atoms with van der Waals surface area (Å²) in [4.78, 5) is 8.12. The minimum absolute atomic E-state index is 0.152. The summed E-state index contributed by atoms with van der Waals surface area (Å²) in [6.07, 6.45) is 0. The summed E-state index contributed by atoms with van der Waals surface area (Å²) < 4.78 is 0. The molecule has 0 spiro atoms. The quantitative estimate of drug-likeness (QED) is 0.619. The monoisotopic (exact) mass is 278 g/mol. The number of halogens is 2. The van der Waals surface area contributed by atoms with Gasteiger partial charge in [0.15, 0.2) is 0 Å². The standard InChI is InChI=1S/C12H8Cl2N4/c13-7-3-1-5-6(10(7)14)2-4-8-9(5)11(15)18-12(16)17-8/h1-4H,(H4,15,16,17,18). The van der Waals surface area contributed by atoms with E-state index >= 15 is 0 Å². The van der Waals surface area contributed by atoms with Crippen LogP contribution in [-0.4, -0.2) is 9.97 Å². The van der Waals surface area contributed by atoms with E-state index in [-0.39, 0.29) is 5.95 Å². The molecule has 0 saturated heterocycles. The third kappa shape index (κ3) is 1.54. The van der Waals surface area contributed by atoms with E-state index in [1.165, 1.54) is 0 Å². The van der Waals surface area contributed by atoms with E-state index in [0.29, 0.717) is 21.4 Å². The molecule has 0 bridgehead atoms. The second-order valence-electron chi connectivity index (χ2n) is 3.88. The third-order valence-electron chi connectivity index (χ3n) is 2.79. The fourth-order valence-electron chi connectivity index (χ4n) is 2.02. The average molecular weight is 279 g/mol. The van der Waals surface area contributed by atoms with E-state index in [9.17, 15) is 0 Å². The number of rotatable bonds is 0. The van der Waals surface area contributed by atoms with Crippen LogP contribution in [0.25, 0.3) is 21.7 Å². The first kappa shape index (κ1) is 11.3. The van der Waals surface area contributed by atoms with Crippen LogP contribution in [0.2, 0.25) is 10.0 Å². The van der Waals surface area contributed by atoms with Crippen molar-refractivity contribution in [3.8, 4) is 0 Å². The van der Waals surface area contributed by atoms with Crippen molar-refractivity contribution < 1.29 is 0 Å². The number of aromatic nitrogens is 2. The number of nitrogens with two attached hydrogens (primary N) is 2. The molecule has 6 heteroatoms. The number of hydrogen-bond donors (Lipinski definition) is 2. The highest BCUT2D eigenvalue weighted by molar-refractivity contribution is 6.45. The Kier molecular flexibility index (Phi) is 2.43. The lowest BCUT2D eigenvalue weighted by atomic mass is 10.1. The summed E-state index contributed by atoms with van der Waals surface area (Å²) in [7, 11) is 0. The van der Waals surface area contributed by atoms with Crippen LogP contribution in [-0.2, 0) is 0 Å². The van der Waals surface area contributed by atoms with Crippen molar-refractivity contribution in [2.75, 3.05) is 11.5 Å². The zero-order valence-electron chi connectivity index (χ0n) is 9.11. The fourth-order valence-corrected chi connectivity index (χ4v) is 2.41. The summed E-state index contributed by atoms with van der Waals surface area (Å²) in [5.74, 6) is 0.487. The molecular weight excluding hydrogens is 271 g/mol. The second-order valence-corrected chi connectivity index (χ2v) is 4.67. The number of nitrogen functional groups attached to an aromatic ring is 2. The van der Waals surface area contributed by atoms with Gasteiger partial charge in [-0.1, -0.05) is 35.3 Å². The largest absolute Gasteiger partial charge is 0.383 e. The van der Waals surface area contributed by atoms with Gasteiger partial charge in [-0.05, 0) is 17.5 Å². The zero-order chi connectivity index (χ0) is 12.9. The lowest BCUT2D eigenvalue weighted by Gasteiger charge is -2.08. The van der Waals surface area contributed by atoms with E-state index in [4.69, 9.17) is 34.7 Å². The Morgan fingerprint density at radius 3 is 2.39 bits per heavy atom. The molecule has 1 heterocycles. The van der Waals surface area contributed by atoms with Crippen molar-refractivity contribution in [1.82, 2.24) is 9.97 Å². The van der Waals surface area contributed by atoms with Gasteiger partial charge in [0.2, 0.25) is 5.95 Å². The van der Waals surface area contributed by atoms with Gasteiger partial charge in [-0.15, -0.1) is 0 Å². The molecule has 0 amide bonds. The molecule has 90 valence electrons. The predicted molar refractivity (Wildman–Crippen MR) is 75.9 cm³/mol. The average Bonchev–Trinajstić information content (AvgIpc) is 2.32. The maximum Gasteiger partial charge on any atom is 0.222 e. The second kappa shape index (κ2) is 3.86. The van der Waals surface area contributed by atoms with Crippen LogP contribution in [0.15, 0.2) is 24.3 Å². The molecule has 4 nitrogen and oxygen atoms in total. The highest BCUT2D eigenvalue weighted by atomic mass is 35.5. The summed E-state index contributed by atoms with van der Waals surface area (Å²) in [6, 6.07) is 7.22. The van der Waals surface area contributed by atoms with Gasteiger partial charge >= 0.3 is 0 Å². The van der Waals surface area contributed by atoms with Crippen molar-refractivity contribution in [1.29, 1.82) is 0 Å². The first-order chi connectivity index (χ1) is 8.58. The van der Waals surface area contributed by atoms with Gasteiger partial charge in [0.1, 0.15) is 5.82 Å². The van der Waals surface area contributed by atoms with E-state index in [1.54, 1.807) is 12.1 Å². The molecule has 0 aliphatic rings. The van der Waals surface area contributed by atoms with Crippen molar-refractivity contribution >= 4 is 56.6 Å². The first-order valence-electron chi connectivity index (χ1n) is 5.17. The SMILES string of the molecule is Nc1nc(N)c2c(ccc3c(Cl)c(Cl)ccc32)n1. The van der Waals surface area contributed by atoms with Crippen molar-refractivity contribution in [2.45, 2.75) is 0 Å². The van der Waals surface area contributed by atoms with Gasteiger partial charge in [0.05, 0.1) is 20.9 Å². The Bertz CT molecular complexity index is 786. The van der Waals surface area contributed by atoms with Crippen LogP contribution in [0, 0.1) is 0 Å². The topological polar surface area (TPSA) is 77.8 Å². The molecular formula is C12H8Cl2N4. The minimum Gasteiger partial charge on any atom is -0.383 e. The van der Waals surface area contributed by atoms with Crippen LogP contribution in [0.4, 0.5) is 11.8 Å². The van der Waals surface area contributed by atoms with Crippen molar-refractivity contribution in [3.63, 3.8) is 0 Å². The number of hydrogen-bond acceptors (Lipinski definition) is 4. The smallest absolute Gasteiger partial charge is 0.222 e. The molecule has 0 aliphatic carbocycles. The Balaban J connectivity index is 2.58. The number of fused-ring (bicyclic) bond motifs is 3. The maximum atomic E-state index is 6.17. The zero-order valence-corrected chi connectivity index (χ0v) is 10.6. The normalized spacial score (nSPS) is 11.2. The molecule has 4 N–H and O–H groups in total. The Morgan fingerprint density at radius 1 is 0.889 bits per heavy atom. The van der Waals surface area contributed by atoms with E-state index in [1.807, 2.05) is 12.1 Å². The first-order valence-corrected chi connectivity index (χ1v) is 5.93. The Morgan fingerprint density at radius 2 is 1.61 bits per heavy atom. The van der Waals surface area contributed by atoms with Crippen LogP contribution < -0.4 is 11.5 Å². The maximum absolute atomic E-state index is 6.17. The van der Waals surface area contributed by atoms with Crippen LogP contribution >= 0.6 is 23.2 Å². The van der Waals surface area contributed by atoms with E-state index in [2.05, 4.69) is 9.97 Å². The van der Waals surface area contributed by atoms with Crippen molar-refractivity contribution in [2.24, 2.45) is 0 Å². The van der Waals surface area contributed by atoms with Crippen LogP contribution in [0.1, 0.15) is 0 Å². The van der Waals surface area contributed by atoms with Gasteiger partial charge in [0, 0.05) is 5.39 Å². The number of nitrogens with zero attached hydrogens (tertiary/aromatic N) is 2. The van der Waals surface area contributed by atoms with E-state index < -0.39 is 0 Å². The lowest BCUT2D eigenvalue weighted by Crippen LogP contribution is -2.00. The molecule has 3 rings (SSSR count). The molecule has 1 aromatic heterocycles. The molecule has 2 aromatic carbocycles. The third-order valence-corrected chi connectivity index (χ3v) is 3.61. The summed E-state index contributed by atoms with van der Waals surface area (Å²) in [5.41, 5.74) is 12.2. The van der Waals surface area contributed by atoms with Crippen molar-refractivity contribution in [3.05, 3.63) is 34.3 Å². The molecule has 0 aliphatic heterocycles. The molecule has 0 radical (unpaired) electrons. The molecule has 3 aromatic rings. The van der Waals surface area contributed by atoms with Crippen LogP contribution in [0.5, 0.6) is 0 Å². The van der Waals surface area contributed by atoms with E-state index in [0.717, 1.165) is 16.2 Å². The summed E-state index contributed by atoms with van der Waals surface area (Å²) in [6.45, 7) is 0. The van der Waals surface area contributed by atoms with Crippen LogP contribution in [0.3, 0.4) is 0 Å². The van der Waals surface area contributed by atoms with Gasteiger partial charge in [-0.25, -0.2) is 4.98 Å². The molecule has 0 atom stereocenters. The van der Waals surface area contributed by atoms with Gasteiger partial charge in [-0.3, -0.25) is 0 Å².